The summed E-state index contributed by atoms with van der Waals surface area (Å²) in [6, 6.07) is -6.87. The van der Waals surface area contributed by atoms with Crippen molar-refractivity contribution >= 4 is 53.2 Å². The van der Waals surface area contributed by atoms with Crippen LogP contribution in [0, 0.1) is 5.92 Å². The minimum Gasteiger partial charge on any atom is -0.393 e. The SMILES string of the molecule is CC(C)CCCCCCCCC[C@@H](O)CC(=O)NCC(=O)N[C@H](CCCN=C(N)N)C(=O)N[C@@H]1CCCCNC(=O)[C@H](CCCCN)NC(=O)[C@H](CCCCN)NC(=O)[C@@H](CCCCN)NC(=O)[C@@H](CCCCN)NC1=O. The lowest BCUT2D eigenvalue weighted by Gasteiger charge is -2.28. The van der Waals surface area contributed by atoms with Crippen molar-refractivity contribution in [3.8, 4) is 0 Å². The second-order valence-corrected chi connectivity index (χ2v) is 20.9. The number of carbonyl (C=O) groups is 8. The zero-order valence-corrected chi connectivity index (χ0v) is 46.8. The van der Waals surface area contributed by atoms with Gasteiger partial charge in [-0.05, 0) is 148 Å². The van der Waals surface area contributed by atoms with E-state index >= 15 is 0 Å². The molecule has 1 aliphatic rings. The van der Waals surface area contributed by atoms with E-state index in [2.05, 4.69) is 61.4 Å². The number of carbonyl (C=O) groups excluding carboxylic acids is 8. The number of aliphatic imine (C=N–C) groups is 1. The minimum absolute atomic E-state index is 0.0217. The first-order chi connectivity index (χ1) is 36.9. The third kappa shape index (κ3) is 34.4. The molecule has 21 N–H and O–H groups in total. The summed E-state index contributed by atoms with van der Waals surface area (Å²) in [5.74, 6) is -4.51. The van der Waals surface area contributed by atoms with Crippen molar-refractivity contribution in [2.45, 2.75) is 230 Å². The molecule has 0 unspecified atom stereocenters. The first-order valence-corrected chi connectivity index (χ1v) is 28.8. The molecule has 1 saturated heterocycles. The molecule has 1 rings (SSSR count). The van der Waals surface area contributed by atoms with Crippen molar-refractivity contribution in [1.82, 2.24) is 42.5 Å². The number of hydrogen-bond donors (Lipinski definition) is 15. The van der Waals surface area contributed by atoms with Gasteiger partial charge in [0, 0.05) is 13.1 Å². The number of guanidine groups is 1. The monoisotopic (exact) mass is 1090 g/mol. The van der Waals surface area contributed by atoms with Gasteiger partial charge < -0.3 is 82.0 Å². The van der Waals surface area contributed by atoms with Crippen molar-refractivity contribution in [2.24, 2.45) is 45.3 Å². The standard InChI is InChI=1S/C53H103N15O9/c1-37(2)21-8-6-4-3-5-7-9-22-38(69)35-45(70)62-36-46(71)63-40(28-20-34-61-53(58)59)48(73)65-44-27-14-19-33-60-47(72)39(23-10-15-29-54)64-49(74)41(24-11-16-30-55)66-50(75)42(25-12-17-31-56)67-51(76)43(68-52(44)77)26-13-18-32-57/h37-44,69H,3-36,54-57H2,1-2H3,(H,60,72)(H,62,70)(H,63,71)(H,64,74)(H,65,73)(H,66,75)(H,67,76)(H,68,77)(H4,58,59,61)/t38-,39+,40-,41+,42-,43-,44-/m1/s1. The Morgan fingerprint density at radius 2 is 1.03 bits per heavy atom. The Morgan fingerprint density at radius 3 is 1.49 bits per heavy atom. The van der Waals surface area contributed by atoms with E-state index in [1.165, 1.54) is 25.7 Å². The number of amides is 8. The van der Waals surface area contributed by atoms with E-state index in [0.29, 0.717) is 96.3 Å². The van der Waals surface area contributed by atoms with Crippen LogP contribution in [0.5, 0.6) is 0 Å². The number of nitrogens with zero attached hydrogens (tertiary/aromatic N) is 1. The van der Waals surface area contributed by atoms with Gasteiger partial charge in [-0.1, -0.05) is 65.2 Å². The zero-order chi connectivity index (χ0) is 57.2. The van der Waals surface area contributed by atoms with E-state index in [-0.39, 0.29) is 76.8 Å². The summed E-state index contributed by atoms with van der Waals surface area (Å²) in [6.07, 6.45) is 14.0. The topological polar surface area (TPSA) is 422 Å². The van der Waals surface area contributed by atoms with Crippen LogP contribution in [0.15, 0.2) is 4.99 Å². The van der Waals surface area contributed by atoms with Gasteiger partial charge in [0.25, 0.3) is 0 Å². The third-order valence-electron chi connectivity index (χ3n) is 13.5. The van der Waals surface area contributed by atoms with Gasteiger partial charge in [0.15, 0.2) is 5.96 Å². The van der Waals surface area contributed by atoms with Gasteiger partial charge in [-0.15, -0.1) is 0 Å². The van der Waals surface area contributed by atoms with Gasteiger partial charge in [-0.25, -0.2) is 0 Å². The molecule has 1 heterocycles. The van der Waals surface area contributed by atoms with Crippen molar-refractivity contribution in [3.63, 3.8) is 0 Å². The number of hydrogen-bond acceptors (Lipinski definition) is 14. The van der Waals surface area contributed by atoms with Crippen LogP contribution in [0.3, 0.4) is 0 Å². The molecule has 0 aromatic heterocycles. The molecule has 0 radical (unpaired) electrons. The molecule has 77 heavy (non-hydrogen) atoms. The summed E-state index contributed by atoms with van der Waals surface area (Å²) in [7, 11) is 0. The van der Waals surface area contributed by atoms with Gasteiger partial charge in [-0.2, -0.15) is 0 Å². The van der Waals surface area contributed by atoms with Gasteiger partial charge in [-0.3, -0.25) is 43.3 Å². The van der Waals surface area contributed by atoms with Crippen LogP contribution in [0.1, 0.15) is 187 Å². The molecule has 0 aliphatic carbocycles. The molecule has 0 aromatic rings. The minimum atomic E-state index is -1.26. The van der Waals surface area contributed by atoms with Crippen LogP contribution >= 0.6 is 0 Å². The maximum absolute atomic E-state index is 14.4. The average molecular weight is 1090 g/mol. The van der Waals surface area contributed by atoms with Gasteiger partial charge >= 0.3 is 0 Å². The summed E-state index contributed by atoms with van der Waals surface area (Å²) in [5, 5.41) is 32.6. The highest BCUT2D eigenvalue weighted by atomic mass is 16.3. The zero-order valence-electron chi connectivity index (χ0n) is 46.8. The number of aliphatic hydroxyl groups excluding tert-OH is 1. The number of nitrogens with two attached hydrogens (primary N) is 6. The summed E-state index contributed by atoms with van der Waals surface area (Å²) in [4.78, 5) is 115. The Bertz CT molecular complexity index is 1740. The molecule has 0 saturated carbocycles. The molecule has 8 amide bonds. The fourth-order valence-electron chi connectivity index (χ4n) is 8.89. The maximum Gasteiger partial charge on any atom is 0.243 e. The van der Waals surface area contributed by atoms with Crippen LogP contribution in [-0.4, -0.2) is 146 Å². The van der Waals surface area contributed by atoms with E-state index in [9.17, 15) is 43.5 Å². The van der Waals surface area contributed by atoms with Gasteiger partial charge in [0.2, 0.25) is 47.3 Å². The molecule has 24 nitrogen and oxygen atoms in total. The van der Waals surface area contributed by atoms with Crippen LogP contribution in [0.4, 0.5) is 0 Å². The third-order valence-corrected chi connectivity index (χ3v) is 13.5. The smallest absolute Gasteiger partial charge is 0.243 e. The number of unbranched alkanes of at least 4 members (excludes halogenated alkanes) is 10. The highest BCUT2D eigenvalue weighted by molar-refractivity contribution is 5.97. The first-order valence-electron chi connectivity index (χ1n) is 28.8. The highest BCUT2D eigenvalue weighted by Crippen LogP contribution is 2.15. The van der Waals surface area contributed by atoms with Crippen molar-refractivity contribution in [1.29, 1.82) is 0 Å². The second kappa shape index (κ2) is 43.8. The number of aliphatic hydroxyl groups is 1. The van der Waals surface area contributed by atoms with E-state index < -0.39 is 96.2 Å². The predicted molar refractivity (Wildman–Crippen MR) is 300 cm³/mol. The Hall–Kier alpha value is -5.17. The molecule has 444 valence electrons. The molecular formula is C53H103N15O9. The van der Waals surface area contributed by atoms with Crippen molar-refractivity contribution < 1.29 is 43.5 Å². The fraction of sp³-hybridized carbons (Fsp3) is 0.830. The maximum atomic E-state index is 14.4. The molecule has 7 atom stereocenters. The normalized spacial score (nSPS) is 19.9. The van der Waals surface area contributed by atoms with E-state index in [4.69, 9.17) is 34.4 Å². The second-order valence-electron chi connectivity index (χ2n) is 20.9. The lowest BCUT2D eigenvalue weighted by molar-refractivity contribution is -0.135. The van der Waals surface area contributed by atoms with Crippen LogP contribution in [0.2, 0.25) is 0 Å². The lowest BCUT2D eigenvalue weighted by Crippen LogP contribution is -2.59. The average Bonchev–Trinajstić information content (AvgIpc) is 3.38. The quantitative estimate of drug-likeness (QED) is 0.0218. The summed E-state index contributed by atoms with van der Waals surface area (Å²) >= 11 is 0. The van der Waals surface area contributed by atoms with E-state index in [0.717, 1.165) is 25.7 Å². The number of nitrogens with one attached hydrogen (secondary N) is 8. The molecule has 1 aliphatic heterocycles. The Balaban J connectivity index is 3.43. The molecule has 24 heteroatoms. The lowest BCUT2D eigenvalue weighted by atomic mass is 10.0. The molecular weight excluding hydrogens is 991 g/mol. The first kappa shape index (κ1) is 69.8. The Morgan fingerprint density at radius 1 is 0.571 bits per heavy atom. The predicted octanol–water partition coefficient (Wildman–Crippen LogP) is -0.201. The Kier molecular flexibility index (Phi) is 39.7. The van der Waals surface area contributed by atoms with Gasteiger partial charge in [0.1, 0.15) is 36.3 Å². The molecule has 0 bridgehead atoms. The highest BCUT2D eigenvalue weighted by Gasteiger charge is 2.33. The van der Waals surface area contributed by atoms with Crippen LogP contribution < -0.4 is 76.9 Å². The largest absolute Gasteiger partial charge is 0.393 e. The van der Waals surface area contributed by atoms with Crippen LogP contribution in [-0.2, 0) is 38.4 Å². The molecule has 0 aromatic carbocycles. The van der Waals surface area contributed by atoms with Crippen molar-refractivity contribution in [2.75, 3.05) is 45.8 Å². The fourth-order valence-corrected chi connectivity index (χ4v) is 8.89. The van der Waals surface area contributed by atoms with E-state index in [1.54, 1.807) is 0 Å². The van der Waals surface area contributed by atoms with E-state index in [1.807, 2.05) is 0 Å². The molecule has 1 fully saturated rings. The van der Waals surface area contributed by atoms with Crippen molar-refractivity contribution in [3.05, 3.63) is 0 Å². The summed E-state index contributed by atoms with van der Waals surface area (Å²) in [6.45, 7) is 5.59. The summed E-state index contributed by atoms with van der Waals surface area (Å²) < 4.78 is 0. The number of rotatable bonds is 37. The summed E-state index contributed by atoms with van der Waals surface area (Å²) in [5.41, 5.74) is 34.2. The van der Waals surface area contributed by atoms with Gasteiger partial charge in [0.05, 0.1) is 19.1 Å². The molecule has 0 spiro atoms. The van der Waals surface area contributed by atoms with Crippen LogP contribution in [0.25, 0.3) is 0 Å². The Labute approximate surface area is 458 Å².